The Morgan fingerprint density at radius 2 is 2.56 bits per heavy atom. The van der Waals surface area contributed by atoms with Crippen LogP contribution in [0.25, 0.3) is 0 Å². The third-order valence-corrected chi connectivity index (χ3v) is 3.75. The Hall–Kier alpha value is -1.66. The van der Waals surface area contributed by atoms with Crippen molar-refractivity contribution in [2.75, 3.05) is 18.5 Å². The molecule has 2 aromatic heterocycles. The maximum atomic E-state index is 11.8. The number of carbonyl (C=O) groups is 1. The predicted octanol–water partition coefficient (Wildman–Crippen LogP) is 2.16. The van der Waals surface area contributed by atoms with Crippen LogP contribution in [0.5, 0.6) is 0 Å². The molecule has 3 rings (SSSR count). The fraction of sp³-hybridized carbons (Fsp3) is 0.333. The number of hydrogen-bond acceptors (Lipinski definition) is 4. The van der Waals surface area contributed by atoms with Gasteiger partial charge in [-0.1, -0.05) is 6.07 Å². The number of hydrogen-bond donors (Lipinski definition) is 1. The molecule has 18 heavy (non-hydrogen) atoms. The third-order valence-electron chi connectivity index (χ3n) is 2.88. The molecule has 2 aromatic rings. The highest BCUT2D eigenvalue weighted by molar-refractivity contribution is 7.12. The molecule has 0 saturated carbocycles. The van der Waals surface area contributed by atoms with E-state index in [2.05, 4.69) is 10.4 Å². The average molecular weight is 263 g/mol. The minimum absolute atomic E-state index is 0.0905. The topological polar surface area (TPSA) is 56.2 Å². The van der Waals surface area contributed by atoms with Crippen LogP contribution in [-0.4, -0.2) is 28.9 Å². The molecule has 0 aliphatic carbocycles. The second-order valence-electron chi connectivity index (χ2n) is 4.16. The highest BCUT2D eigenvalue weighted by Crippen LogP contribution is 2.20. The van der Waals surface area contributed by atoms with Crippen LogP contribution in [0.4, 0.5) is 5.69 Å². The minimum Gasteiger partial charge on any atom is -0.379 e. The first-order valence-corrected chi connectivity index (χ1v) is 6.67. The van der Waals surface area contributed by atoms with Crippen molar-refractivity contribution < 1.29 is 9.53 Å². The van der Waals surface area contributed by atoms with Crippen molar-refractivity contribution in [3.8, 4) is 0 Å². The summed E-state index contributed by atoms with van der Waals surface area (Å²) in [7, 11) is 0. The molecule has 0 radical (unpaired) electrons. The van der Waals surface area contributed by atoms with E-state index in [4.69, 9.17) is 4.74 Å². The Morgan fingerprint density at radius 3 is 3.28 bits per heavy atom. The highest BCUT2D eigenvalue weighted by Gasteiger charge is 2.18. The van der Waals surface area contributed by atoms with Gasteiger partial charge >= 0.3 is 0 Å². The number of amides is 1. The molecule has 1 saturated heterocycles. The Kier molecular flexibility index (Phi) is 3.12. The van der Waals surface area contributed by atoms with Gasteiger partial charge in [-0.3, -0.25) is 9.48 Å². The van der Waals surface area contributed by atoms with Crippen LogP contribution in [0.15, 0.2) is 29.9 Å². The van der Waals surface area contributed by atoms with E-state index < -0.39 is 0 Å². The van der Waals surface area contributed by atoms with Gasteiger partial charge in [0.25, 0.3) is 5.91 Å². The molecule has 0 bridgehead atoms. The van der Waals surface area contributed by atoms with Crippen molar-refractivity contribution >= 4 is 22.9 Å². The number of nitrogens with zero attached hydrogens (tertiary/aromatic N) is 2. The molecule has 0 spiro atoms. The van der Waals surface area contributed by atoms with Gasteiger partial charge in [-0.25, -0.2) is 0 Å². The summed E-state index contributed by atoms with van der Waals surface area (Å²) in [5.74, 6) is -0.0905. The molecular weight excluding hydrogens is 250 g/mol. The van der Waals surface area contributed by atoms with E-state index in [1.54, 1.807) is 12.3 Å². The van der Waals surface area contributed by atoms with Crippen LogP contribution in [0.1, 0.15) is 22.1 Å². The average Bonchev–Trinajstić information content (AvgIpc) is 3.12. The van der Waals surface area contributed by atoms with Crippen LogP contribution in [0, 0.1) is 0 Å². The summed E-state index contributed by atoms with van der Waals surface area (Å²) in [5, 5.41) is 8.98. The van der Waals surface area contributed by atoms with Gasteiger partial charge in [0.2, 0.25) is 0 Å². The maximum Gasteiger partial charge on any atom is 0.265 e. The van der Waals surface area contributed by atoms with E-state index in [1.165, 1.54) is 11.3 Å². The maximum absolute atomic E-state index is 11.8. The standard InChI is InChI=1S/C12H13N3O2S/c16-12(11-2-1-5-18-11)14-9-6-13-15(7-9)10-3-4-17-8-10/h1-2,5-7,10H,3-4,8H2,(H,14,16)/t10-/m1/s1. The van der Waals surface area contributed by atoms with Crippen molar-refractivity contribution in [2.45, 2.75) is 12.5 Å². The third kappa shape index (κ3) is 2.30. The first kappa shape index (κ1) is 11.4. The first-order valence-electron chi connectivity index (χ1n) is 5.80. The van der Waals surface area contributed by atoms with Gasteiger partial charge in [-0.05, 0) is 17.9 Å². The second kappa shape index (κ2) is 4.91. The van der Waals surface area contributed by atoms with Gasteiger partial charge in [0.05, 0.1) is 29.4 Å². The van der Waals surface area contributed by atoms with Gasteiger partial charge in [-0.2, -0.15) is 5.10 Å². The number of thiophene rings is 1. The molecule has 1 N–H and O–H groups in total. The zero-order valence-corrected chi connectivity index (χ0v) is 10.5. The zero-order valence-electron chi connectivity index (χ0n) is 9.70. The van der Waals surface area contributed by atoms with Crippen molar-refractivity contribution in [3.63, 3.8) is 0 Å². The molecule has 5 nitrogen and oxygen atoms in total. The van der Waals surface area contributed by atoms with E-state index in [0.717, 1.165) is 18.7 Å². The van der Waals surface area contributed by atoms with E-state index in [0.29, 0.717) is 11.5 Å². The minimum atomic E-state index is -0.0905. The van der Waals surface area contributed by atoms with E-state index in [1.807, 2.05) is 22.3 Å². The van der Waals surface area contributed by atoms with Crippen LogP contribution in [0.2, 0.25) is 0 Å². The van der Waals surface area contributed by atoms with Crippen LogP contribution < -0.4 is 5.32 Å². The number of aromatic nitrogens is 2. The van der Waals surface area contributed by atoms with Gasteiger partial charge < -0.3 is 10.1 Å². The molecule has 6 heteroatoms. The Balaban J connectivity index is 1.68. The molecule has 1 atom stereocenters. The summed E-state index contributed by atoms with van der Waals surface area (Å²) in [6.45, 7) is 1.47. The van der Waals surface area contributed by atoms with Crippen molar-refractivity contribution in [3.05, 3.63) is 34.8 Å². The summed E-state index contributed by atoms with van der Waals surface area (Å²) in [6, 6.07) is 3.95. The van der Waals surface area contributed by atoms with E-state index >= 15 is 0 Å². The molecule has 0 aromatic carbocycles. The number of carbonyl (C=O) groups excluding carboxylic acids is 1. The molecule has 1 amide bonds. The molecule has 94 valence electrons. The molecule has 1 aliphatic heterocycles. The summed E-state index contributed by atoms with van der Waals surface area (Å²) >= 11 is 1.42. The fourth-order valence-electron chi connectivity index (χ4n) is 1.93. The van der Waals surface area contributed by atoms with Gasteiger partial charge in [0.1, 0.15) is 0 Å². The smallest absolute Gasteiger partial charge is 0.265 e. The monoisotopic (exact) mass is 263 g/mol. The molecule has 1 fully saturated rings. The number of anilines is 1. The summed E-state index contributed by atoms with van der Waals surface area (Å²) in [4.78, 5) is 12.5. The van der Waals surface area contributed by atoms with Gasteiger partial charge in [0.15, 0.2) is 0 Å². The largest absolute Gasteiger partial charge is 0.379 e. The second-order valence-corrected chi connectivity index (χ2v) is 5.11. The Bertz CT molecular complexity index is 529. The van der Waals surface area contributed by atoms with Crippen molar-refractivity contribution in [1.82, 2.24) is 9.78 Å². The SMILES string of the molecule is O=C(Nc1cnn([C@@H]2CCOC2)c1)c1cccs1. The molecule has 3 heterocycles. The highest BCUT2D eigenvalue weighted by atomic mass is 32.1. The van der Waals surface area contributed by atoms with Gasteiger partial charge in [-0.15, -0.1) is 11.3 Å². The van der Waals surface area contributed by atoms with Crippen LogP contribution >= 0.6 is 11.3 Å². The lowest BCUT2D eigenvalue weighted by molar-refractivity contribution is 0.103. The lowest BCUT2D eigenvalue weighted by atomic mass is 10.3. The van der Waals surface area contributed by atoms with E-state index in [9.17, 15) is 4.79 Å². The lowest BCUT2D eigenvalue weighted by Gasteiger charge is -2.06. The number of nitrogens with one attached hydrogen (secondary N) is 1. The van der Waals surface area contributed by atoms with Crippen LogP contribution in [-0.2, 0) is 4.74 Å². The van der Waals surface area contributed by atoms with E-state index in [-0.39, 0.29) is 11.9 Å². The fourth-order valence-corrected chi connectivity index (χ4v) is 2.55. The van der Waals surface area contributed by atoms with Gasteiger partial charge in [0, 0.05) is 12.8 Å². The molecule has 1 aliphatic rings. The Labute approximate surface area is 108 Å². The first-order chi connectivity index (χ1) is 8.83. The summed E-state index contributed by atoms with van der Waals surface area (Å²) in [6.07, 6.45) is 4.49. The Morgan fingerprint density at radius 1 is 1.61 bits per heavy atom. The quantitative estimate of drug-likeness (QED) is 0.923. The molecular formula is C12H13N3O2S. The number of rotatable bonds is 3. The summed E-state index contributed by atoms with van der Waals surface area (Å²) < 4.78 is 7.17. The molecule has 0 unspecified atom stereocenters. The normalized spacial score (nSPS) is 19.0. The summed E-state index contributed by atoms with van der Waals surface area (Å²) in [5.41, 5.74) is 0.723. The van der Waals surface area contributed by atoms with Crippen molar-refractivity contribution in [2.24, 2.45) is 0 Å². The lowest BCUT2D eigenvalue weighted by Crippen LogP contribution is -2.10. The zero-order chi connectivity index (χ0) is 12.4. The van der Waals surface area contributed by atoms with Crippen molar-refractivity contribution in [1.29, 1.82) is 0 Å². The number of ether oxygens (including phenoxy) is 1. The van der Waals surface area contributed by atoms with Crippen LogP contribution in [0.3, 0.4) is 0 Å². The predicted molar refractivity (Wildman–Crippen MR) is 69.0 cm³/mol.